The molecule has 0 radical (unpaired) electrons. The summed E-state index contributed by atoms with van der Waals surface area (Å²) in [6, 6.07) is 6.04. The van der Waals surface area contributed by atoms with Gasteiger partial charge in [-0.25, -0.2) is 0 Å². The summed E-state index contributed by atoms with van der Waals surface area (Å²) in [6.45, 7) is 7.32. The van der Waals surface area contributed by atoms with E-state index < -0.39 is 0 Å². The van der Waals surface area contributed by atoms with Gasteiger partial charge in [0, 0.05) is 38.3 Å². The highest BCUT2D eigenvalue weighted by molar-refractivity contribution is 7.80. The molecule has 1 saturated heterocycles. The summed E-state index contributed by atoms with van der Waals surface area (Å²) in [5.41, 5.74) is 3.54. The lowest BCUT2D eigenvalue weighted by Crippen LogP contribution is -2.43. The van der Waals surface area contributed by atoms with Gasteiger partial charge in [-0.3, -0.25) is 4.90 Å². The zero-order chi connectivity index (χ0) is 17.8. The highest BCUT2D eigenvalue weighted by atomic mass is 32.9. The molecule has 0 saturated carbocycles. The quantitative estimate of drug-likeness (QED) is 0.551. The minimum atomic E-state index is 0.400. The molecule has 1 N–H and O–H groups in total. The summed E-state index contributed by atoms with van der Waals surface area (Å²) in [5.74, 6) is 0.400. The van der Waals surface area contributed by atoms with Gasteiger partial charge in [-0.15, -0.1) is 0 Å². The Bertz CT molecular complexity index is 760. The number of phenolic OH excluding ortho intramolecular Hbond substituents is 1. The summed E-state index contributed by atoms with van der Waals surface area (Å²) in [5, 5.41) is 10.3. The van der Waals surface area contributed by atoms with Gasteiger partial charge in [0.05, 0.1) is 4.88 Å². The third-order valence-corrected chi connectivity index (χ3v) is 8.03. The Labute approximate surface area is 162 Å². The van der Waals surface area contributed by atoms with Crippen molar-refractivity contribution in [3.05, 3.63) is 33.1 Å². The molecule has 2 heterocycles. The molecule has 6 heteroatoms. The zero-order valence-electron chi connectivity index (χ0n) is 15.0. The average molecular weight is 395 g/mol. The first-order chi connectivity index (χ1) is 12.1. The van der Waals surface area contributed by atoms with Gasteiger partial charge < -0.3 is 10.0 Å². The topological polar surface area (TPSA) is 26.7 Å². The van der Waals surface area contributed by atoms with E-state index in [1.807, 2.05) is 12.1 Å². The van der Waals surface area contributed by atoms with Crippen molar-refractivity contribution in [2.75, 3.05) is 33.2 Å². The van der Waals surface area contributed by atoms with Gasteiger partial charge in [-0.1, -0.05) is 46.2 Å². The molecule has 0 bridgehead atoms. The lowest BCUT2D eigenvalue weighted by Gasteiger charge is -2.32. The average Bonchev–Trinajstić information content (AvgIpc) is 2.97. The Morgan fingerprint density at radius 2 is 1.92 bits per heavy atom. The van der Waals surface area contributed by atoms with Crippen molar-refractivity contribution >= 4 is 32.9 Å². The van der Waals surface area contributed by atoms with E-state index >= 15 is 0 Å². The Hall–Kier alpha value is -0.790. The maximum absolute atomic E-state index is 10.3. The summed E-state index contributed by atoms with van der Waals surface area (Å²) in [6.07, 6.45) is 3.41. The van der Waals surface area contributed by atoms with Crippen LogP contribution in [-0.4, -0.2) is 48.1 Å². The van der Waals surface area contributed by atoms with Crippen molar-refractivity contribution in [3.63, 3.8) is 0 Å². The van der Waals surface area contributed by atoms with Crippen molar-refractivity contribution < 1.29 is 5.11 Å². The molecule has 0 spiro atoms. The second-order valence-electron chi connectivity index (χ2n) is 6.79. The maximum Gasteiger partial charge on any atom is 0.120 e. The second kappa shape index (κ2) is 8.73. The molecule has 1 aromatic heterocycles. The van der Waals surface area contributed by atoms with E-state index in [-0.39, 0.29) is 0 Å². The van der Waals surface area contributed by atoms with Gasteiger partial charge in [0.2, 0.25) is 0 Å². The van der Waals surface area contributed by atoms with E-state index in [4.69, 9.17) is 12.2 Å². The maximum atomic E-state index is 10.3. The number of unbranched alkanes of at least 4 members (excludes halogenated alkanes) is 1. The van der Waals surface area contributed by atoms with E-state index in [2.05, 4.69) is 29.8 Å². The Balaban J connectivity index is 1.83. The molecule has 2 aromatic rings. The molecule has 0 unspecified atom stereocenters. The predicted octanol–water partition coefficient (Wildman–Crippen LogP) is 5.00. The summed E-state index contributed by atoms with van der Waals surface area (Å²) < 4.78 is 1.03. The lowest BCUT2D eigenvalue weighted by atomic mass is 10.0. The summed E-state index contributed by atoms with van der Waals surface area (Å²) >= 11 is 5.55. The molecule has 1 aromatic carbocycles. The van der Waals surface area contributed by atoms with Crippen LogP contribution < -0.4 is 0 Å². The third-order valence-electron chi connectivity index (χ3n) is 4.83. The molecule has 136 valence electrons. The number of benzene rings is 1. The van der Waals surface area contributed by atoms with E-state index in [9.17, 15) is 5.11 Å². The standard InChI is InChI=1S/C19H26N2OS3/c1-3-4-5-16-18(24-25-19(16)23)14-6-7-17(22)15(12-14)13-21-10-8-20(2)9-11-21/h6-7,12,22H,3-5,8-11,13H2,1-2H3. The molecule has 1 fully saturated rings. The van der Waals surface area contributed by atoms with Gasteiger partial charge in [0.25, 0.3) is 0 Å². The van der Waals surface area contributed by atoms with Crippen LogP contribution in [0.4, 0.5) is 0 Å². The summed E-state index contributed by atoms with van der Waals surface area (Å²) in [7, 11) is 5.64. The normalized spacial score (nSPS) is 16.4. The third kappa shape index (κ3) is 4.68. The largest absolute Gasteiger partial charge is 0.508 e. The monoisotopic (exact) mass is 394 g/mol. The first kappa shape index (κ1) is 19.0. The fourth-order valence-electron chi connectivity index (χ4n) is 3.16. The number of likely N-dealkylation sites (N-methyl/N-ethyl adjacent to an activating group) is 1. The first-order valence-corrected chi connectivity index (χ1v) is 11.5. The molecule has 3 nitrogen and oxygen atoms in total. The molecule has 25 heavy (non-hydrogen) atoms. The van der Waals surface area contributed by atoms with Gasteiger partial charge in [-0.2, -0.15) is 0 Å². The van der Waals surface area contributed by atoms with E-state index in [1.165, 1.54) is 28.8 Å². The first-order valence-electron chi connectivity index (χ1n) is 8.93. The number of phenols is 1. The highest BCUT2D eigenvalue weighted by Crippen LogP contribution is 2.37. The van der Waals surface area contributed by atoms with Crippen molar-refractivity contribution in [1.82, 2.24) is 9.80 Å². The lowest BCUT2D eigenvalue weighted by molar-refractivity contribution is 0.147. The highest BCUT2D eigenvalue weighted by Gasteiger charge is 2.17. The number of nitrogens with zero attached hydrogens (tertiary/aromatic N) is 2. The van der Waals surface area contributed by atoms with E-state index in [0.717, 1.165) is 48.5 Å². The number of piperazine rings is 1. The van der Waals surface area contributed by atoms with Gasteiger partial charge >= 0.3 is 0 Å². The van der Waals surface area contributed by atoms with E-state index in [1.54, 1.807) is 20.7 Å². The van der Waals surface area contributed by atoms with Crippen LogP contribution in [0.5, 0.6) is 5.75 Å². The van der Waals surface area contributed by atoms with Gasteiger partial charge in [0.15, 0.2) is 0 Å². The SMILES string of the molecule is CCCCc1c(-c2ccc(O)c(CN3CCN(C)CC3)c2)ssc1=S. The smallest absolute Gasteiger partial charge is 0.120 e. The Morgan fingerprint density at radius 1 is 1.16 bits per heavy atom. The Kier molecular flexibility index (Phi) is 6.63. The predicted molar refractivity (Wildman–Crippen MR) is 112 cm³/mol. The number of hydrogen-bond acceptors (Lipinski definition) is 6. The van der Waals surface area contributed by atoms with Crippen molar-refractivity contribution in [3.8, 4) is 16.2 Å². The molecule has 0 atom stereocenters. The molecular formula is C19H26N2OS3. The number of rotatable bonds is 6. The molecule has 0 amide bonds. The van der Waals surface area contributed by atoms with Crippen LogP contribution in [-0.2, 0) is 13.0 Å². The number of aromatic hydroxyl groups is 1. The van der Waals surface area contributed by atoms with Crippen molar-refractivity contribution in [2.24, 2.45) is 0 Å². The molecule has 1 aliphatic rings. The fourth-order valence-corrected chi connectivity index (χ4v) is 6.17. The molecule has 0 aliphatic carbocycles. The van der Waals surface area contributed by atoms with Crippen molar-refractivity contribution in [2.45, 2.75) is 32.7 Å². The molecule has 3 rings (SSSR count). The van der Waals surface area contributed by atoms with Crippen LogP contribution in [0, 0.1) is 3.82 Å². The van der Waals surface area contributed by atoms with E-state index in [0.29, 0.717) is 5.75 Å². The van der Waals surface area contributed by atoms with Crippen LogP contribution in [0.25, 0.3) is 10.4 Å². The summed E-state index contributed by atoms with van der Waals surface area (Å²) in [4.78, 5) is 6.07. The van der Waals surface area contributed by atoms with Crippen LogP contribution in [0.3, 0.4) is 0 Å². The van der Waals surface area contributed by atoms with Crippen LogP contribution in [0.15, 0.2) is 18.2 Å². The number of hydrogen-bond donors (Lipinski definition) is 1. The molecular weight excluding hydrogens is 368 g/mol. The van der Waals surface area contributed by atoms with Crippen molar-refractivity contribution in [1.29, 1.82) is 0 Å². The van der Waals surface area contributed by atoms with Gasteiger partial charge in [0.1, 0.15) is 9.57 Å². The van der Waals surface area contributed by atoms with Crippen LogP contribution in [0.2, 0.25) is 0 Å². The molecule has 1 aliphatic heterocycles. The fraction of sp³-hybridized carbons (Fsp3) is 0.526. The van der Waals surface area contributed by atoms with Gasteiger partial charge in [-0.05, 0) is 49.2 Å². The Morgan fingerprint density at radius 3 is 2.64 bits per heavy atom. The van der Waals surface area contributed by atoms with Crippen LogP contribution in [0.1, 0.15) is 30.9 Å². The second-order valence-corrected chi connectivity index (χ2v) is 9.60. The minimum absolute atomic E-state index is 0.400. The van der Waals surface area contributed by atoms with Crippen LogP contribution >= 0.6 is 32.9 Å². The zero-order valence-corrected chi connectivity index (χ0v) is 17.4. The minimum Gasteiger partial charge on any atom is -0.508 e.